The van der Waals surface area contributed by atoms with Gasteiger partial charge in [0.25, 0.3) is 5.91 Å². The maximum atomic E-state index is 12.9. The molecule has 0 spiro atoms. The molecular weight excluding hydrogens is 432 g/mol. The Morgan fingerprint density at radius 1 is 0.909 bits per heavy atom. The van der Waals surface area contributed by atoms with Crippen molar-refractivity contribution in [3.8, 4) is 33.9 Å². The zero-order chi connectivity index (χ0) is 22.6. The summed E-state index contributed by atoms with van der Waals surface area (Å²) in [5, 5.41) is 3.56. The highest BCUT2D eigenvalue weighted by Crippen LogP contribution is 2.34. The summed E-state index contributed by atoms with van der Waals surface area (Å²) in [4.78, 5) is 18.8. The number of carbonyl (C=O) groups is 1. The first kappa shape index (κ1) is 21.2. The molecule has 6 heteroatoms. The summed E-state index contributed by atoms with van der Waals surface area (Å²) in [5.41, 5.74) is 4.84. The van der Waals surface area contributed by atoms with E-state index < -0.39 is 0 Å². The molecule has 4 aromatic rings. The summed E-state index contributed by atoms with van der Waals surface area (Å²) in [6.45, 7) is 3.15. The fourth-order valence-electron chi connectivity index (χ4n) is 3.83. The van der Waals surface area contributed by atoms with Gasteiger partial charge >= 0.3 is 0 Å². The van der Waals surface area contributed by atoms with Gasteiger partial charge in [-0.15, -0.1) is 11.3 Å². The second-order valence-electron chi connectivity index (χ2n) is 7.80. The SMILES string of the molecule is CCCc1sc(NC(=O)c2ccc3c(c2)OCCO3)nc1-c1ccc(-c2ccccc2)cc1. The van der Waals surface area contributed by atoms with Gasteiger partial charge < -0.3 is 9.47 Å². The van der Waals surface area contributed by atoms with Crippen LogP contribution < -0.4 is 14.8 Å². The number of ether oxygens (including phenoxy) is 2. The monoisotopic (exact) mass is 456 g/mol. The van der Waals surface area contributed by atoms with Gasteiger partial charge in [-0.1, -0.05) is 67.9 Å². The number of amides is 1. The van der Waals surface area contributed by atoms with Crippen molar-refractivity contribution in [2.24, 2.45) is 0 Å². The smallest absolute Gasteiger partial charge is 0.257 e. The molecule has 2 heterocycles. The maximum absolute atomic E-state index is 12.9. The van der Waals surface area contributed by atoms with E-state index in [0.717, 1.165) is 24.1 Å². The number of fused-ring (bicyclic) bond motifs is 1. The lowest BCUT2D eigenvalue weighted by atomic mass is 10.0. The molecule has 0 fully saturated rings. The molecule has 1 amide bonds. The quantitative estimate of drug-likeness (QED) is 0.362. The highest BCUT2D eigenvalue weighted by molar-refractivity contribution is 7.16. The van der Waals surface area contributed by atoms with E-state index in [9.17, 15) is 4.79 Å². The van der Waals surface area contributed by atoms with Gasteiger partial charge in [-0.25, -0.2) is 4.98 Å². The molecule has 0 bridgehead atoms. The molecule has 0 saturated carbocycles. The Bertz CT molecular complexity index is 1270. The molecule has 0 radical (unpaired) electrons. The number of hydrogen-bond acceptors (Lipinski definition) is 5. The molecule has 5 rings (SSSR count). The summed E-state index contributed by atoms with van der Waals surface area (Å²) in [5.74, 6) is 1.05. The first-order valence-electron chi connectivity index (χ1n) is 11.1. The van der Waals surface area contributed by atoms with E-state index >= 15 is 0 Å². The van der Waals surface area contributed by atoms with E-state index in [-0.39, 0.29) is 5.91 Å². The number of rotatable bonds is 6. The fourth-order valence-corrected chi connectivity index (χ4v) is 4.91. The molecule has 0 unspecified atom stereocenters. The lowest BCUT2D eigenvalue weighted by Crippen LogP contribution is -2.17. The van der Waals surface area contributed by atoms with Crippen LogP contribution in [0.1, 0.15) is 28.6 Å². The average Bonchev–Trinajstić information content (AvgIpc) is 3.26. The van der Waals surface area contributed by atoms with Crippen LogP contribution in [-0.4, -0.2) is 24.1 Å². The molecule has 1 aliphatic heterocycles. The molecule has 0 atom stereocenters. The minimum atomic E-state index is -0.213. The van der Waals surface area contributed by atoms with E-state index in [1.54, 1.807) is 18.2 Å². The standard InChI is InChI=1S/C27H24N2O3S/c1-2-6-24-25(20-11-9-19(10-12-20)18-7-4-3-5-8-18)28-27(33-24)29-26(30)21-13-14-22-23(17-21)32-16-15-31-22/h3-5,7-14,17H,2,6,15-16H2,1H3,(H,28,29,30). The van der Waals surface area contributed by atoms with E-state index in [4.69, 9.17) is 14.5 Å². The molecule has 1 aliphatic rings. The number of aromatic nitrogens is 1. The van der Waals surface area contributed by atoms with E-state index in [1.165, 1.54) is 27.3 Å². The number of carbonyl (C=O) groups excluding carboxylic acids is 1. The Labute approximate surface area is 197 Å². The molecule has 1 aromatic heterocycles. The van der Waals surface area contributed by atoms with Gasteiger partial charge in [-0.05, 0) is 35.7 Å². The Morgan fingerprint density at radius 3 is 2.36 bits per heavy atom. The second-order valence-corrected chi connectivity index (χ2v) is 8.88. The van der Waals surface area contributed by atoms with Crippen LogP contribution in [0.4, 0.5) is 5.13 Å². The predicted molar refractivity (Wildman–Crippen MR) is 132 cm³/mol. The third kappa shape index (κ3) is 4.61. The van der Waals surface area contributed by atoms with E-state index in [1.807, 2.05) is 18.2 Å². The van der Waals surface area contributed by atoms with Crippen molar-refractivity contribution in [1.82, 2.24) is 4.98 Å². The number of anilines is 1. The third-order valence-electron chi connectivity index (χ3n) is 5.46. The van der Waals surface area contributed by atoms with Crippen LogP contribution in [0.3, 0.4) is 0 Å². The molecule has 0 aliphatic carbocycles. The van der Waals surface area contributed by atoms with Crippen molar-refractivity contribution < 1.29 is 14.3 Å². The van der Waals surface area contributed by atoms with Gasteiger partial charge in [0.05, 0.1) is 5.69 Å². The molecule has 3 aromatic carbocycles. The van der Waals surface area contributed by atoms with Crippen LogP contribution >= 0.6 is 11.3 Å². The minimum absolute atomic E-state index is 0.213. The van der Waals surface area contributed by atoms with Gasteiger partial charge in [0, 0.05) is 16.0 Å². The minimum Gasteiger partial charge on any atom is -0.486 e. The Morgan fingerprint density at radius 2 is 1.61 bits per heavy atom. The van der Waals surface area contributed by atoms with Crippen LogP contribution in [0.15, 0.2) is 72.8 Å². The number of nitrogens with zero attached hydrogens (tertiary/aromatic N) is 1. The van der Waals surface area contributed by atoms with Gasteiger partial charge in [-0.2, -0.15) is 0 Å². The van der Waals surface area contributed by atoms with Crippen LogP contribution in [-0.2, 0) is 6.42 Å². The molecule has 5 nitrogen and oxygen atoms in total. The van der Waals surface area contributed by atoms with Crippen LogP contribution in [0, 0.1) is 0 Å². The first-order chi connectivity index (χ1) is 16.2. The van der Waals surface area contributed by atoms with Crippen molar-refractivity contribution in [2.45, 2.75) is 19.8 Å². The van der Waals surface area contributed by atoms with Crippen LogP contribution in [0.5, 0.6) is 11.5 Å². The van der Waals surface area contributed by atoms with Gasteiger partial charge in [0.15, 0.2) is 16.6 Å². The zero-order valence-electron chi connectivity index (χ0n) is 18.3. The topological polar surface area (TPSA) is 60.5 Å². The number of benzene rings is 3. The number of aryl methyl sites for hydroxylation is 1. The lowest BCUT2D eigenvalue weighted by Gasteiger charge is -2.18. The number of nitrogens with one attached hydrogen (secondary N) is 1. The van der Waals surface area contributed by atoms with Gasteiger partial charge in [0.1, 0.15) is 13.2 Å². The molecule has 1 N–H and O–H groups in total. The Kier molecular flexibility index (Phi) is 6.09. The predicted octanol–water partition coefficient (Wildman–Crippen LogP) is 6.45. The third-order valence-corrected chi connectivity index (χ3v) is 6.50. The molecule has 33 heavy (non-hydrogen) atoms. The molecule has 0 saturated heterocycles. The lowest BCUT2D eigenvalue weighted by molar-refractivity contribution is 0.102. The van der Waals surface area contributed by atoms with Crippen molar-refractivity contribution >= 4 is 22.4 Å². The zero-order valence-corrected chi connectivity index (χ0v) is 19.2. The Hall–Kier alpha value is -3.64. The van der Waals surface area contributed by atoms with Crippen molar-refractivity contribution in [3.63, 3.8) is 0 Å². The molecular formula is C27H24N2O3S. The highest BCUT2D eigenvalue weighted by atomic mass is 32.1. The maximum Gasteiger partial charge on any atom is 0.257 e. The average molecular weight is 457 g/mol. The van der Waals surface area contributed by atoms with Gasteiger partial charge in [0.2, 0.25) is 0 Å². The van der Waals surface area contributed by atoms with Crippen molar-refractivity contribution in [3.05, 3.63) is 83.2 Å². The number of hydrogen-bond donors (Lipinski definition) is 1. The summed E-state index contributed by atoms with van der Waals surface area (Å²) in [6, 6.07) is 24.0. The summed E-state index contributed by atoms with van der Waals surface area (Å²) in [6.07, 6.45) is 1.92. The first-order valence-corrected chi connectivity index (χ1v) is 11.9. The molecule has 166 valence electrons. The summed E-state index contributed by atoms with van der Waals surface area (Å²) >= 11 is 1.53. The number of thiazole rings is 1. The van der Waals surface area contributed by atoms with E-state index in [0.29, 0.717) is 35.4 Å². The van der Waals surface area contributed by atoms with E-state index in [2.05, 4.69) is 48.6 Å². The van der Waals surface area contributed by atoms with Gasteiger partial charge in [-0.3, -0.25) is 10.1 Å². The largest absolute Gasteiger partial charge is 0.486 e. The normalized spacial score (nSPS) is 12.4. The summed E-state index contributed by atoms with van der Waals surface area (Å²) < 4.78 is 11.1. The van der Waals surface area contributed by atoms with Crippen LogP contribution in [0.25, 0.3) is 22.4 Å². The Balaban J connectivity index is 1.38. The highest BCUT2D eigenvalue weighted by Gasteiger charge is 2.18. The summed E-state index contributed by atoms with van der Waals surface area (Å²) in [7, 11) is 0. The fraction of sp³-hybridized carbons (Fsp3) is 0.185. The van der Waals surface area contributed by atoms with Crippen molar-refractivity contribution in [1.29, 1.82) is 0 Å². The van der Waals surface area contributed by atoms with Crippen LogP contribution in [0.2, 0.25) is 0 Å². The van der Waals surface area contributed by atoms with Crippen molar-refractivity contribution in [2.75, 3.05) is 18.5 Å². The second kappa shape index (κ2) is 9.46.